The van der Waals surface area contributed by atoms with Gasteiger partial charge in [-0.1, -0.05) is 30.3 Å². The van der Waals surface area contributed by atoms with Crippen LogP contribution in [-0.4, -0.2) is 38.1 Å². The first kappa shape index (κ1) is 14.8. The number of hydrogen-bond acceptors (Lipinski definition) is 4. The minimum absolute atomic E-state index is 0.0400. The number of nitrogens with one attached hydrogen (secondary N) is 1. The second-order valence-electron chi connectivity index (χ2n) is 4.76. The van der Waals surface area contributed by atoms with E-state index in [1.165, 1.54) is 0 Å². The van der Waals surface area contributed by atoms with Gasteiger partial charge in [0.25, 0.3) is 0 Å². The van der Waals surface area contributed by atoms with E-state index in [1.807, 2.05) is 37.3 Å². The number of rotatable bonds is 5. The van der Waals surface area contributed by atoms with Gasteiger partial charge in [0.15, 0.2) is 0 Å². The van der Waals surface area contributed by atoms with Crippen LogP contribution in [0.25, 0.3) is 0 Å². The average molecular weight is 279 g/mol. The molecular formula is C15H21NO4. The minimum atomic E-state index is -0.404. The standard InChI is InChI=1S/C15H21NO4/c1-12-14(19-10-9-18-12)7-8-16-15(17)20-11-13-5-3-2-4-6-13/h2-6,12,14H,7-11H2,1H3,(H,16,17). The highest BCUT2D eigenvalue weighted by Crippen LogP contribution is 2.12. The van der Waals surface area contributed by atoms with Gasteiger partial charge in [0.2, 0.25) is 0 Å². The molecule has 2 unspecified atom stereocenters. The molecule has 0 bridgehead atoms. The van der Waals surface area contributed by atoms with Gasteiger partial charge in [-0.15, -0.1) is 0 Å². The van der Waals surface area contributed by atoms with Crippen LogP contribution in [0.3, 0.4) is 0 Å². The second-order valence-corrected chi connectivity index (χ2v) is 4.76. The summed E-state index contributed by atoms with van der Waals surface area (Å²) in [6.07, 6.45) is 0.434. The van der Waals surface area contributed by atoms with Gasteiger partial charge in [0, 0.05) is 6.54 Å². The summed E-state index contributed by atoms with van der Waals surface area (Å²) in [5, 5.41) is 2.72. The number of alkyl carbamates (subject to hydrolysis) is 1. The lowest BCUT2D eigenvalue weighted by Gasteiger charge is -2.29. The molecule has 1 aromatic rings. The fourth-order valence-corrected chi connectivity index (χ4v) is 2.09. The summed E-state index contributed by atoms with van der Waals surface area (Å²) in [5.41, 5.74) is 0.972. The van der Waals surface area contributed by atoms with Crippen molar-refractivity contribution in [2.24, 2.45) is 0 Å². The molecule has 0 spiro atoms. The lowest BCUT2D eigenvalue weighted by atomic mass is 10.1. The SMILES string of the molecule is CC1OCCOC1CCNC(=O)OCc1ccccc1. The van der Waals surface area contributed by atoms with Crippen molar-refractivity contribution in [3.05, 3.63) is 35.9 Å². The Labute approximate surface area is 119 Å². The van der Waals surface area contributed by atoms with E-state index in [9.17, 15) is 4.79 Å². The molecule has 1 aliphatic heterocycles. The van der Waals surface area contributed by atoms with Gasteiger partial charge < -0.3 is 19.5 Å². The van der Waals surface area contributed by atoms with Crippen molar-refractivity contribution in [2.75, 3.05) is 19.8 Å². The third-order valence-electron chi connectivity index (χ3n) is 3.23. The fraction of sp³-hybridized carbons (Fsp3) is 0.533. The maximum Gasteiger partial charge on any atom is 0.407 e. The van der Waals surface area contributed by atoms with Crippen molar-refractivity contribution in [2.45, 2.75) is 32.2 Å². The second kappa shape index (κ2) is 7.87. The lowest BCUT2D eigenvalue weighted by Crippen LogP contribution is -2.39. The first-order chi connectivity index (χ1) is 9.75. The summed E-state index contributed by atoms with van der Waals surface area (Å²) in [5.74, 6) is 0. The largest absolute Gasteiger partial charge is 0.445 e. The van der Waals surface area contributed by atoms with Gasteiger partial charge in [0.1, 0.15) is 6.61 Å². The zero-order valence-electron chi connectivity index (χ0n) is 11.7. The van der Waals surface area contributed by atoms with E-state index in [2.05, 4.69) is 5.32 Å². The molecule has 2 atom stereocenters. The van der Waals surface area contributed by atoms with Crippen LogP contribution in [0, 0.1) is 0 Å². The minimum Gasteiger partial charge on any atom is -0.445 e. The molecule has 1 saturated heterocycles. The molecule has 0 aromatic heterocycles. The normalized spacial score (nSPS) is 22.2. The van der Waals surface area contributed by atoms with Crippen LogP contribution in [0.15, 0.2) is 30.3 Å². The van der Waals surface area contributed by atoms with Gasteiger partial charge in [-0.3, -0.25) is 0 Å². The third-order valence-corrected chi connectivity index (χ3v) is 3.23. The van der Waals surface area contributed by atoms with E-state index in [4.69, 9.17) is 14.2 Å². The smallest absolute Gasteiger partial charge is 0.407 e. The van der Waals surface area contributed by atoms with Crippen molar-refractivity contribution in [1.82, 2.24) is 5.32 Å². The molecule has 1 aromatic carbocycles. The van der Waals surface area contributed by atoms with Crippen molar-refractivity contribution < 1.29 is 19.0 Å². The fourth-order valence-electron chi connectivity index (χ4n) is 2.09. The highest BCUT2D eigenvalue weighted by molar-refractivity contribution is 5.67. The summed E-state index contributed by atoms with van der Waals surface area (Å²) in [6, 6.07) is 9.60. The molecule has 0 radical (unpaired) electrons. The van der Waals surface area contributed by atoms with Crippen molar-refractivity contribution in [3.63, 3.8) is 0 Å². The lowest BCUT2D eigenvalue weighted by molar-refractivity contribution is -0.134. The number of amides is 1. The molecular weight excluding hydrogens is 258 g/mol. The van der Waals surface area contributed by atoms with E-state index < -0.39 is 6.09 Å². The Morgan fingerprint density at radius 2 is 2.05 bits per heavy atom. The van der Waals surface area contributed by atoms with E-state index in [1.54, 1.807) is 0 Å². The molecule has 0 saturated carbocycles. The predicted molar refractivity (Wildman–Crippen MR) is 74.4 cm³/mol. The summed E-state index contributed by atoms with van der Waals surface area (Å²) < 4.78 is 16.2. The molecule has 1 amide bonds. The molecule has 1 N–H and O–H groups in total. The Kier molecular flexibility index (Phi) is 5.83. The van der Waals surface area contributed by atoms with Crippen molar-refractivity contribution in [3.8, 4) is 0 Å². The van der Waals surface area contributed by atoms with E-state index in [0.717, 1.165) is 12.0 Å². The molecule has 110 valence electrons. The number of hydrogen-bond donors (Lipinski definition) is 1. The van der Waals surface area contributed by atoms with Gasteiger partial charge in [-0.2, -0.15) is 0 Å². The average Bonchev–Trinajstić information content (AvgIpc) is 2.48. The molecule has 1 heterocycles. The van der Waals surface area contributed by atoms with Gasteiger partial charge in [-0.25, -0.2) is 4.79 Å². The van der Waals surface area contributed by atoms with Crippen LogP contribution in [-0.2, 0) is 20.8 Å². The first-order valence-corrected chi connectivity index (χ1v) is 6.93. The van der Waals surface area contributed by atoms with E-state index in [0.29, 0.717) is 19.8 Å². The van der Waals surface area contributed by atoms with Crippen LogP contribution in [0.2, 0.25) is 0 Å². The van der Waals surface area contributed by atoms with Crippen LogP contribution in [0.1, 0.15) is 18.9 Å². The summed E-state index contributed by atoms with van der Waals surface area (Å²) in [4.78, 5) is 11.5. The summed E-state index contributed by atoms with van der Waals surface area (Å²) in [6.45, 7) is 4.05. The van der Waals surface area contributed by atoms with Crippen molar-refractivity contribution >= 4 is 6.09 Å². The Balaban J connectivity index is 1.60. The zero-order chi connectivity index (χ0) is 14.2. The Bertz CT molecular complexity index is 410. The third kappa shape index (κ3) is 4.83. The van der Waals surface area contributed by atoms with Crippen LogP contribution >= 0.6 is 0 Å². The van der Waals surface area contributed by atoms with Crippen molar-refractivity contribution in [1.29, 1.82) is 0 Å². The zero-order valence-corrected chi connectivity index (χ0v) is 11.7. The quantitative estimate of drug-likeness (QED) is 0.897. The van der Waals surface area contributed by atoms with Crippen LogP contribution in [0.4, 0.5) is 4.79 Å². The number of ether oxygens (including phenoxy) is 3. The van der Waals surface area contributed by atoms with E-state index >= 15 is 0 Å². The predicted octanol–water partition coefficient (Wildman–Crippen LogP) is 2.11. The number of carbonyl (C=O) groups excluding carboxylic acids is 1. The molecule has 1 fully saturated rings. The molecule has 20 heavy (non-hydrogen) atoms. The number of carbonyl (C=O) groups is 1. The molecule has 2 rings (SSSR count). The first-order valence-electron chi connectivity index (χ1n) is 6.93. The summed E-state index contributed by atoms with van der Waals surface area (Å²) in [7, 11) is 0. The van der Waals surface area contributed by atoms with E-state index in [-0.39, 0.29) is 18.8 Å². The Morgan fingerprint density at radius 3 is 2.80 bits per heavy atom. The maximum atomic E-state index is 11.5. The van der Waals surface area contributed by atoms with Crippen LogP contribution in [0.5, 0.6) is 0 Å². The maximum absolute atomic E-state index is 11.5. The highest BCUT2D eigenvalue weighted by Gasteiger charge is 2.22. The van der Waals surface area contributed by atoms with Crippen LogP contribution < -0.4 is 5.32 Å². The monoisotopic (exact) mass is 279 g/mol. The van der Waals surface area contributed by atoms with Gasteiger partial charge in [0.05, 0.1) is 25.4 Å². The van der Waals surface area contributed by atoms with Gasteiger partial charge >= 0.3 is 6.09 Å². The number of benzene rings is 1. The molecule has 5 heteroatoms. The molecule has 5 nitrogen and oxygen atoms in total. The molecule has 1 aliphatic rings. The topological polar surface area (TPSA) is 56.8 Å². The van der Waals surface area contributed by atoms with Gasteiger partial charge in [-0.05, 0) is 18.9 Å². The highest BCUT2D eigenvalue weighted by atomic mass is 16.6. The molecule has 0 aliphatic carbocycles. The Hall–Kier alpha value is -1.59. The summed E-state index contributed by atoms with van der Waals surface area (Å²) >= 11 is 0. The Morgan fingerprint density at radius 1 is 1.30 bits per heavy atom.